The number of halogens is 1. The summed E-state index contributed by atoms with van der Waals surface area (Å²) in [6, 6.07) is 15.3. The van der Waals surface area contributed by atoms with Gasteiger partial charge in [0.05, 0.1) is 17.9 Å². The molecular formula is C16H16BrNO2. The van der Waals surface area contributed by atoms with Crippen LogP contribution in [0.3, 0.4) is 0 Å². The van der Waals surface area contributed by atoms with Crippen LogP contribution in [0.25, 0.3) is 0 Å². The van der Waals surface area contributed by atoms with Crippen molar-refractivity contribution in [2.45, 2.75) is 12.8 Å². The van der Waals surface area contributed by atoms with Crippen LogP contribution in [-0.4, -0.2) is 12.6 Å². The van der Waals surface area contributed by atoms with Crippen LogP contribution in [0.15, 0.2) is 53.0 Å². The fraction of sp³-hybridized carbons (Fsp3) is 0.188. The first-order valence-corrected chi connectivity index (χ1v) is 7.23. The topological polar surface area (TPSA) is 52.3 Å². The Morgan fingerprint density at radius 3 is 2.60 bits per heavy atom. The maximum atomic E-state index is 11.9. The van der Waals surface area contributed by atoms with Gasteiger partial charge in [0.15, 0.2) is 0 Å². The molecule has 0 atom stereocenters. The van der Waals surface area contributed by atoms with Crippen LogP contribution in [0, 0.1) is 0 Å². The Kier molecular flexibility index (Phi) is 5.18. The standard InChI is InChI=1S/C16H16BrNO2/c17-14-10-4-9-13(15(14)18)16(19)20-11-5-8-12-6-2-1-3-7-12/h1-4,6-7,9-10H,5,8,11,18H2. The summed E-state index contributed by atoms with van der Waals surface area (Å²) in [4.78, 5) is 11.9. The Labute approximate surface area is 126 Å². The predicted molar refractivity (Wildman–Crippen MR) is 83.6 cm³/mol. The van der Waals surface area contributed by atoms with E-state index in [-0.39, 0.29) is 5.97 Å². The second kappa shape index (κ2) is 7.10. The van der Waals surface area contributed by atoms with Crippen molar-refractivity contribution in [2.75, 3.05) is 12.3 Å². The first-order chi connectivity index (χ1) is 9.68. The molecule has 2 rings (SSSR count). The van der Waals surface area contributed by atoms with Gasteiger partial charge in [-0.3, -0.25) is 0 Å². The minimum Gasteiger partial charge on any atom is -0.462 e. The summed E-state index contributed by atoms with van der Waals surface area (Å²) in [6.45, 7) is 0.389. The van der Waals surface area contributed by atoms with E-state index in [1.807, 2.05) is 18.2 Å². The summed E-state index contributed by atoms with van der Waals surface area (Å²) in [5.74, 6) is -0.378. The fourth-order valence-electron chi connectivity index (χ4n) is 1.88. The molecule has 2 aromatic rings. The molecule has 0 spiro atoms. The molecule has 0 heterocycles. The number of anilines is 1. The molecule has 104 valence electrons. The Morgan fingerprint density at radius 1 is 1.10 bits per heavy atom. The van der Waals surface area contributed by atoms with Crippen molar-refractivity contribution in [3.63, 3.8) is 0 Å². The third kappa shape index (κ3) is 3.84. The normalized spacial score (nSPS) is 10.2. The second-order valence-electron chi connectivity index (χ2n) is 4.43. The number of benzene rings is 2. The SMILES string of the molecule is Nc1c(Br)cccc1C(=O)OCCCc1ccccc1. The Balaban J connectivity index is 1.82. The molecule has 0 aliphatic carbocycles. The van der Waals surface area contributed by atoms with Crippen LogP contribution >= 0.6 is 15.9 Å². The van der Waals surface area contributed by atoms with Crippen molar-refractivity contribution < 1.29 is 9.53 Å². The molecule has 0 radical (unpaired) electrons. The van der Waals surface area contributed by atoms with Crippen molar-refractivity contribution >= 4 is 27.6 Å². The summed E-state index contributed by atoms with van der Waals surface area (Å²) >= 11 is 3.29. The summed E-state index contributed by atoms with van der Waals surface area (Å²) in [6.07, 6.45) is 1.69. The van der Waals surface area contributed by atoms with E-state index in [1.165, 1.54) is 5.56 Å². The summed E-state index contributed by atoms with van der Waals surface area (Å²) in [5.41, 5.74) is 7.89. The zero-order valence-electron chi connectivity index (χ0n) is 11.0. The summed E-state index contributed by atoms with van der Waals surface area (Å²) < 4.78 is 5.95. The molecule has 0 aromatic heterocycles. The molecule has 0 aliphatic heterocycles. The number of aryl methyl sites for hydroxylation is 1. The molecule has 0 amide bonds. The van der Waals surface area contributed by atoms with Crippen LogP contribution in [0.4, 0.5) is 5.69 Å². The first kappa shape index (κ1) is 14.6. The van der Waals surface area contributed by atoms with Crippen molar-refractivity contribution in [3.05, 3.63) is 64.1 Å². The molecule has 4 heteroatoms. The summed E-state index contributed by atoms with van der Waals surface area (Å²) in [7, 11) is 0. The highest BCUT2D eigenvalue weighted by Gasteiger charge is 2.12. The Bertz CT molecular complexity index is 584. The highest BCUT2D eigenvalue weighted by molar-refractivity contribution is 9.10. The lowest BCUT2D eigenvalue weighted by Crippen LogP contribution is -2.10. The van der Waals surface area contributed by atoms with Crippen LogP contribution in [0.2, 0.25) is 0 Å². The van der Waals surface area contributed by atoms with Gasteiger partial charge < -0.3 is 10.5 Å². The van der Waals surface area contributed by atoms with E-state index in [9.17, 15) is 4.79 Å². The van der Waals surface area contributed by atoms with E-state index in [4.69, 9.17) is 10.5 Å². The number of hydrogen-bond acceptors (Lipinski definition) is 3. The first-order valence-electron chi connectivity index (χ1n) is 6.43. The van der Waals surface area contributed by atoms with Gasteiger partial charge in [-0.2, -0.15) is 0 Å². The lowest BCUT2D eigenvalue weighted by Gasteiger charge is -2.08. The van der Waals surface area contributed by atoms with Crippen LogP contribution in [0.1, 0.15) is 22.3 Å². The van der Waals surface area contributed by atoms with Gasteiger partial charge in [-0.05, 0) is 46.5 Å². The van der Waals surface area contributed by atoms with E-state index in [2.05, 4.69) is 28.1 Å². The van der Waals surface area contributed by atoms with Gasteiger partial charge in [0.2, 0.25) is 0 Å². The van der Waals surface area contributed by atoms with Crippen molar-refractivity contribution in [2.24, 2.45) is 0 Å². The van der Waals surface area contributed by atoms with Crippen LogP contribution < -0.4 is 5.73 Å². The monoisotopic (exact) mass is 333 g/mol. The van der Waals surface area contributed by atoms with Gasteiger partial charge in [-0.1, -0.05) is 36.4 Å². The molecule has 2 aromatic carbocycles. The molecule has 0 saturated carbocycles. The molecular weight excluding hydrogens is 318 g/mol. The third-order valence-electron chi connectivity index (χ3n) is 2.96. The lowest BCUT2D eigenvalue weighted by molar-refractivity contribution is 0.0502. The zero-order valence-corrected chi connectivity index (χ0v) is 12.6. The third-order valence-corrected chi connectivity index (χ3v) is 3.65. The maximum absolute atomic E-state index is 11.9. The average molecular weight is 334 g/mol. The number of nitrogen functional groups attached to an aromatic ring is 1. The minimum atomic E-state index is -0.378. The van der Waals surface area contributed by atoms with Gasteiger partial charge in [0.25, 0.3) is 0 Å². The Hall–Kier alpha value is -1.81. The number of hydrogen-bond donors (Lipinski definition) is 1. The van der Waals surface area contributed by atoms with Crippen molar-refractivity contribution in [1.82, 2.24) is 0 Å². The van der Waals surface area contributed by atoms with Crippen LogP contribution in [0.5, 0.6) is 0 Å². The maximum Gasteiger partial charge on any atom is 0.340 e. The smallest absolute Gasteiger partial charge is 0.340 e. The number of rotatable bonds is 5. The number of carbonyl (C=O) groups excluding carboxylic acids is 1. The van der Waals surface area contributed by atoms with E-state index in [0.29, 0.717) is 22.3 Å². The minimum absolute atomic E-state index is 0.378. The predicted octanol–water partition coefficient (Wildman–Crippen LogP) is 3.82. The van der Waals surface area contributed by atoms with Gasteiger partial charge >= 0.3 is 5.97 Å². The largest absolute Gasteiger partial charge is 0.462 e. The summed E-state index contributed by atoms with van der Waals surface area (Å²) in [5, 5.41) is 0. The van der Waals surface area contributed by atoms with Crippen molar-refractivity contribution in [3.8, 4) is 0 Å². The van der Waals surface area contributed by atoms with E-state index < -0.39 is 0 Å². The van der Waals surface area contributed by atoms with Gasteiger partial charge in [0.1, 0.15) is 0 Å². The number of nitrogens with two attached hydrogens (primary N) is 1. The molecule has 0 aliphatic rings. The molecule has 0 fully saturated rings. The zero-order chi connectivity index (χ0) is 14.4. The van der Waals surface area contributed by atoms with Gasteiger partial charge in [-0.15, -0.1) is 0 Å². The average Bonchev–Trinajstić information content (AvgIpc) is 2.47. The quantitative estimate of drug-likeness (QED) is 0.514. The molecule has 3 nitrogen and oxygen atoms in total. The number of para-hydroxylation sites is 1. The van der Waals surface area contributed by atoms with Crippen LogP contribution in [-0.2, 0) is 11.2 Å². The molecule has 20 heavy (non-hydrogen) atoms. The molecule has 2 N–H and O–H groups in total. The van der Waals surface area contributed by atoms with Gasteiger partial charge in [0, 0.05) is 4.47 Å². The highest BCUT2D eigenvalue weighted by Crippen LogP contribution is 2.23. The van der Waals surface area contributed by atoms with Crippen molar-refractivity contribution in [1.29, 1.82) is 0 Å². The molecule has 0 bridgehead atoms. The lowest BCUT2D eigenvalue weighted by atomic mass is 10.1. The number of ether oxygens (including phenoxy) is 1. The molecule has 0 unspecified atom stereocenters. The van der Waals surface area contributed by atoms with E-state index in [0.717, 1.165) is 12.8 Å². The van der Waals surface area contributed by atoms with E-state index >= 15 is 0 Å². The number of carbonyl (C=O) groups is 1. The van der Waals surface area contributed by atoms with Gasteiger partial charge in [-0.25, -0.2) is 4.79 Å². The fourth-order valence-corrected chi connectivity index (χ4v) is 2.24. The number of esters is 1. The molecule has 0 saturated heterocycles. The van der Waals surface area contributed by atoms with E-state index in [1.54, 1.807) is 18.2 Å². The highest BCUT2D eigenvalue weighted by atomic mass is 79.9. The Morgan fingerprint density at radius 2 is 1.85 bits per heavy atom. The second-order valence-corrected chi connectivity index (χ2v) is 5.28.